The molecule has 3 heterocycles. The smallest absolute Gasteiger partial charge is 0.399 e. The third-order valence-corrected chi connectivity index (χ3v) is 7.24. The number of likely N-dealkylation sites (N-methyl/N-ethyl adjacent to an activating group) is 1. The number of anilines is 1. The second-order valence-electron chi connectivity index (χ2n) is 9.71. The number of imidazole rings is 1. The summed E-state index contributed by atoms with van der Waals surface area (Å²) >= 11 is 1.03. The molecule has 0 bridgehead atoms. The Kier molecular flexibility index (Phi) is 5.76. The monoisotopic (exact) mass is 532 g/mol. The van der Waals surface area contributed by atoms with Gasteiger partial charge in [0.05, 0.1) is 11.4 Å². The van der Waals surface area contributed by atoms with Crippen molar-refractivity contribution in [3.63, 3.8) is 0 Å². The lowest BCUT2D eigenvalue weighted by Crippen LogP contribution is -2.49. The SMILES string of the molecule is CN1C(=O)[C@@H](NC(=O)c2cn3c(C4(C(F)(F)F)CC4)csc3n2)COc2ccc(C#CC(C)(C)O)cc21. The summed E-state index contributed by atoms with van der Waals surface area (Å²) in [6.07, 6.45) is -3.13. The van der Waals surface area contributed by atoms with Gasteiger partial charge in [-0.3, -0.25) is 14.0 Å². The van der Waals surface area contributed by atoms with Gasteiger partial charge in [-0.05, 0) is 44.9 Å². The molecule has 2 aromatic heterocycles. The Morgan fingerprint density at radius 2 is 2.05 bits per heavy atom. The van der Waals surface area contributed by atoms with Gasteiger partial charge in [-0.25, -0.2) is 4.98 Å². The van der Waals surface area contributed by atoms with E-state index in [2.05, 4.69) is 22.1 Å². The Balaban J connectivity index is 1.35. The van der Waals surface area contributed by atoms with Crippen molar-refractivity contribution in [2.24, 2.45) is 0 Å². The number of carbonyl (C=O) groups excluding carboxylic acids is 2. The van der Waals surface area contributed by atoms with Crippen molar-refractivity contribution < 1.29 is 32.6 Å². The molecular formula is C25H23F3N4O4S. The molecule has 0 radical (unpaired) electrons. The first-order valence-electron chi connectivity index (χ1n) is 11.4. The molecule has 194 valence electrons. The first-order chi connectivity index (χ1) is 17.3. The molecule has 2 aliphatic rings. The highest BCUT2D eigenvalue weighted by Crippen LogP contribution is 2.59. The van der Waals surface area contributed by atoms with Crippen LogP contribution in [0, 0.1) is 11.8 Å². The number of hydrogen-bond acceptors (Lipinski definition) is 6. The highest BCUT2D eigenvalue weighted by Gasteiger charge is 2.65. The standard InChI is InChI=1S/C25H23F3N4O4S/c1-23(2,35)7-6-14-4-5-18-17(10-14)31(3)21(34)16(12-36-18)29-20(33)15-11-32-19(13-37-22(32)30-15)24(8-9-24)25(26,27)28/h4-5,10-11,13,16,35H,8-9,12H2,1-3H3,(H,29,33)/t16-/m0/s1. The van der Waals surface area contributed by atoms with Crippen molar-refractivity contribution in [1.29, 1.82) is 0 Å². The lowest BCUT2D eigenvalue weighted by molar-refractivity contribution is -0.161. The third-order valence-electron chi connectivity index (χ3n) is 6.40. The summed E-state index contributed by atoms with van der Waals surface area (Å²) in [5, 5.41) is 13.9. The molecule has 12 heteroatoms. The number of benzene rings is 1. The minimum absolute atomic E-state index is 0.00604. The Morgan fingerprint density at radius 1 is 1.32 bits per heavy atom. The predicted molar refractivity (Wildman–Crippen MR) is 130 cm³/mol. The van der Waals surface area contributed by atoms with E-state index in [0.717, 1.165) is 11.3 Å². The molecule has 1 aliphatic heterocycles. The number of rotatable bonds is 3. The quantitative estimate of drug-likeness (QED) is 0.505. The van der Waals surface area contributed by atoms with Gasteiger partial charge in [0.1, 0.15) is 35.1 Å². The van der Waals surface area contributed by atoms with Crippen molar-refractivity contribution >= 4 is 33.8 Å². The number of thiazole rings is 1. The number of aliphatic hydroxyl groups is 1. The normalized spacial score (nSPS) is 18.9. The summed E-state index contributed by atoms with van der Waals surface area (Å²) in [6.45, 7) is 2.96. The molecule has 8 nitrogen and oxygen atoms in total. The molecule has 3 aromatic rings. The van der Waals surface area contributed by atoms with Crippen LogP contribution in [0.2, 0.25) is 0 Å². The van der Waals surface area contributed by atoms with Crippen LogP contribution in [-0.4, -0.2) is 57.8 Å². The maximum atomic E-state index is 13.6. The van der Waals surface area contributed by atoms with Crippen molar-refractivity contribution in [3.05, 3.63) is 46.7 Å². The Morgan fingerprint density at radius 3 is 2.70 bits per heavy atom. The van der Waals surface area contributed by atoms with E-state index in [-0.39, 0.29) is 35.8 Å². The second-order valence-corrected chi connectivity index (χ2v) is 10.5. The van der Waals surface area contributed by atoms with Crippen LogP contribution in [0.3, 0.4) is 0 Å². The molecule has 0 saturated heterocycles. The first-order valence-corrected chi connectivity index (χ1v) is 12.3. The lowest BCUT2D eigenvalue weighted by atomic mass is 10.0. The van der Waals surface area contributed by atoms with Gasteiger partial charge in [0, 0.05) is 24.2 Å². The molecule has 1 atom stereocenters. The van der Waals surface area contributed by atoms with Crippen molar-refractivity contribution in [2.75, 3.05) is 18.6 Å². The van der Waals surface area contributed by atoms with Gasteiger partial charge in [0.2, 0.25) is 0 Å². The summed E-state index contributed by atoms with van der Waals surface area (Å²) in [7, 11) is 1.54. The fraction of sp³-hybridized carbons (Fsp3) is 0.400. The number of aromatic nitrogens is 2. The van der Waals surface area contributed by atoms with Crippen molar-refractivity contribution in [1.82, 2.24) is 14.7 Å². The molecule has 5 rings (SSSR count). The topological polar surface area (TPSA) is 96.2 Å². The van der Waals surface area contributed by atoms with Crippen LogP contribution in [0.4, 0.5) is 18.9 Å². The second kappa shape index (κ2) is 8.49. The molecular weight excluding hydrogens is 509 g/mol. The highest BCUT2D eigenvalue weighted by molar-refractivity contribution is 7.15. The number of hydrogen-bond donors (Lipinski definition) is 2. The van der Waals surface area contributed by atoms with E-state index in [1.807, 2.05) is 0 Å². The van der Waals surface area contributed by atoms with E-state index in [0.29, 0.717) is 17.0 Å². The summed E-state index contributed by atoms with van der Waals surface area (Å²) in [6, 6.07) is 3.93. The molecule has 1 aromatic carbocycles. The van der Waals surface area contributed by atoms with Gasteiger partial charge in [-0.15, -0.1) is 11.3 Å². The number of ether oxygens (including phenoxy) is 1. The largest absolute Gasteiger partial charge is 0.489 e. The fourth-order valence-corrected chi connectivity index (χ4v) is 5.16. The number of amides is 2. The van der Waals surface area contributed by atoms with Crippen LogP contribution in [0.5, 0.6) is 5.75 Å². The zero-order valence-electron chi connectivity index (χ0n) is 20.1. The van der Waals surface area contributed by atoms with E-state index < -0.39 is 35.0 Å². The lowest BCUT2D eigenvalue weighted by Gasteiger charge is -2.20. The zero-order chi connectivity index (χ0) is 26.8. The van der Waals surface area contributed by atoms with Gasteiger partial charge in [0.15, 0.2) is 4.96 Å². The van der Waals surface area contributed by atoms with Crippen LogP contribution in [0.25, 0.3) is 4.96 Å². The molecule has 2 amide bonds. The predicted octanol–water partition coefficient (Wildman–Crippen LogP) is 3.27. The van der Waals surface area contributed by atoms with E-state index in [1.165, 1.54) is 27.9 Å². The molecule has 37 heavy (non-hydrogen) atoms. The molecule has 1 aliphatic carbocycles. The van der Waals surface area contributed by atoms with Gasteiger partial charge >= 0.3 is 6.18 Å². The van der Waals surface area contributed by atoms with Gasteiger partial charge in [-0.2, -0.15) is 13.2 Å². The maximum absolute atomic E-state index is 13.6. The van der Waals surface area contributed by atoms with Crippen LogP contribution in [0.1, 0.15) is 48.4 Å². The van der Waals surface area contributed by atoms with Gasteiger partial charge < -0.3 is 20.1 Å². The number of halogens is 3. The summed E-state index contributed by atoms with van der Waals surface area (Å²) in [5.41, 5.74) is -2.11. The van der Waals surface area contributed by atoms with Crippen LogP contribution < -0.4 is 15.0 Å². The van der Waals surface area contributed by atoms with E-state index in [4.69, 9.17) is 4.74 Å². The summed E-state index contributed by atoms with van der Waals surface area (Å²) in [5.74, 6) is 4.82. The molecule has 0 spiro atoms. The Hall–Kier alpha value is -3.56. The molecule has 0 unspecified atom stereocenters. The van der Waals surface area contributed by atoms with E-state index >= 15 is 0 Å². The minimum Gasteiger partial charge on any atom is -0.489 e. The molecule has 1 saturated carbocycles. The number of nitrogens with one attached hydrogen (secondary N) is 1. The van der Waals surface area contributed by atoms with Crippen LogP contribution in [-0.2, 0) is 10.2 Å². The average Bonchev–Trinajstić information content (AvgIpc) is 3.41. The fourth-order valence-electron chi connectivity index (χ4n) is 4.18. The summed E-state index contributed by atoms with van der Waals surface area (Å²) in [4.78, 5) is 31.9. The Bertz CT molecular complexity index is 1470. The van der Waals surface area contributed by atoms with Crippen LogP contribution >= 0.6 is 11.3 Å². The first kappa shape index (κ1) is 25.1. The highest BCUT2D eigenvalue weighted by atomic mass is 32.1. The zero-order valence-corrected chi connectivity index (χ0v) is 21.0. The van der Waals surface area contributed by atoms with Crippen molar-refractivity contribution in [3.8, 4) is 17.6 Å². The maximum Gasteiger partial charge on any atom is 0.399 e. The number of fused-ring (bicyclic) bond motifs is 2. The van der Waals surface area contributed by atoms with Crippen molar-refractivity contribution in [2.45, 2.75) is 49.9 Å². The van der Waals surface area contributed by atoms with Gasteiger partial charge in [0.25, 0.3) is 11.8 Å². The molecule has 1 fully saturated rings. The number of carbonyl (C=O) groups is 2. The average molecular weight is 533 g/mol. The third kappa shape index (κ3) is 4.53. The summed E-state index contributed by atoms with van der Waals surface area (Å²) < 4.78 is 48.0. The Labute approximate surface area is 214 Å². The molecule has 2 N–H and O–H groups in total. The van der Waals surface area contributed by atoms with Gasteiger partial charge in [-0.1, -0.05) is 11.8 Å². The number of nitrogens with zero attached hydrogens (tertiary/aromatic N) is 3. The van der Waals surface area contributed by atoms with E-state index in [9.17, 15) is 27.9 Å². The number of alkyl halides is 3. The minimum atomic E-state index is -4.39. The van der Waals surface area contributed by atoms with Crippen LogP contribution in [0.15, 0.2) is 29.8 Å². The van der Waals surface area contributed by atoms with E-state index in [1.54, 1.807) is 32.0 Å².